The van der Waals surface area contributed by atoms with E-state index in [0.717, 1.165) is 5.56 Å². The van der Waals surface area contributed by atoms with Gasteiger partial charge in [0.05, 0.1) is 22.7 Å². The summed E-state index contributed by atoms with van der Waals surface area (Å²) in [6.45, 7) is 10.8. The van der Waals surface area contributed by atoms with Gasteiger partial charge in [0, 0.05) is 6.54 Å². The van der Waals surface area contributed by atoms with Crippen LogP contribution in [0.3, 0.4) is 0 Å². The number of nitrogens with one attached hydrogen (secondary N) is 1. The molecule has 0 spiro atoms. The molecule has 0 aliphatic carbocycles. The Morgan fingerprint density at radius 3 is 2.53 bits per heavy atom. The first-order chi connectivity index (χ1) is 14.3. The molecule has 6 heteroatoms. The van der Waals surface area contributed by atoms with Crippen LogP contribution in [0.5, 0.6) is 0 Å². The van der Waals surface area contributed by atoms with Gasteiger partial charge in [0.15, 0.2) is 5.16 Å². The summed E-state index contributed by atoms with van der Waals surface area (Å²) in [4.78, 5) is 30.2. The minimum absolute atomic E-state index is 0.0549. The van der Waals surface area contributed by atoms with Crippen LogP contribution in [0.4, 0.5) is 0 Å². The molecule has 1 atom stereocenters. The lowest BCUT2D eigenvalue weighted by Crippen LogP contribution is -2.29. The zero-order valence-electron chi connectivity index (χ0n) is 18.2. The van der Waals surface area contributed by atoms with Gasteiger partial charge in [-0.1, -0.05) is 55.9 Å². The summed E-state index contributed by atoms with van der Waals surface area (Å²) in [6, 6.07) is 13.5. The first-order valence-corrected chi connectivity index (χ1v) is 11.2. The number of fused-ring (bicyclic) bond motifs is 1. The summed E-state index contributed by atoms with van der Waals surface area (Å²) in [5, 5.41) is 4.24. The summed E-state index contributed by atoms with van der Waals surface area (Å²) < 4.78 is 1.69. The molecule has 0 unspecified atom stereocenters. The topological polar surface area (TPSA) is 64.0 Å². The van der Waals surface area contributed by atoms with Gasteiger partial charge in [0.1, 0.15) is 0 Å². The maximum atomic E-state index is 13.0. The van der Waals surface area contributed by atoms with Crippen LogP contribution in [0.25, 0.3) is 10.9 Å². The first-order valence-electron chi connectivity index (χ1n) is 10.2. The van der Waals surface area contributed by atoms with Crippen molar-refractivity contribution in [3.63, 3.8) is 0 Å². The van der Waals surface area contributed by atoms with Crippen LogP contribution < -0.4 is 10.9 Å². The van der Waals surface area contributed by atoms with Crippen LogP contribution in [-0.4, -0.2) is 21.2 Å². The van der Waals surface area contributed by atoms with Crippen molar-refractivity contribution in [3.8, 4) is 0 Å². The van der Waals surface area contributed by atoms with E-state index in [-0.39, 0.29) is 23.3 Å². The van der Waals surface area contributed by atoms with E-state index >= 15 is 0 Å². The van der Waals surface area contributed by atoms with Crippen LogP contribution in [-0.2, 0) is 11.3 Å². The third kappa shape index (κ3) is 5.11. The highest BCUT2D eigenvalue weighted by Crippen LogP contribution is 2.20. The predicted molar refractivity (Wildman–Crippen MR) is 124 cm³/mol. The smallest absolute Gasteiger partial charge is 0.262 e. The molecule has 1 N–H and O–H groups in total. The Bertz CT molecular complexity index is 1120. The molecule has 0 fully saturated rings. The van der Waals surface area contributed by atoms with E-state index in [2.05, 4.69) is 50.1 Å². The third-order valence-electron chi connectivity index (χ3n) is 5.12. The van der Waals surface area contributed by atoms with E-state index in [1.165, 1.54) is 22.9 Å². The van der Waals surface area contributed by atoms with Crippen molar-refractivity contribution in [2.45, 2.75) is 52.4 Å². The molecule has 1 heterocycles. The van der Waals surface area contributed by atoms with Crippen molar-refractivity contribution >= 4 is 28.6 Å². The van der Waals surface area contributed by atoms with Crippen molar-refractivity contribution in [3.05, 3.63) is 69.5 Å². The number of hydrogen-bond donors (Lipinski definition) is 1. The molecule has 0 saturated carbocycles. The van der Waals surface area contributed by atoms with E-state index in [4.69, 9.17) is 0 Å². The van der Waals surface area contributed by atoms with Crippen molar-refractivity contribution in [2.75, 3.05) is 5.75 Å². The fraction of sp³-hybridized carbons (Fsp3) is 0.375. The van der Waals surface area contributed by atoms with Gasteiger partial charge in [0.2, 0.25) is 5.91 Å². The summed E-state index contributed by atoms with van der Waals surface area (Å²) in [6.07, 6.45) is 0. The Morgan fingerprint density at radius 1 is 1.10 bits per heavy atom. The second-order valence-electron chi connectivity index (χ2n) is 8.14. The molecule has 0 saturated heterocycles. The molecule has 2 aromatic carbocycles. The zero-order valence-corrected chi connectivity index (χ0v) is 19.0. The molecule has 30 heavy (non-hydrogen) atoms. The normalized spacial score (nSPS) is 12.3. The number of nitrogens with zero attached hydrogens (tertiary/aromatic N) is 2. The number of para-hydroxylation sites is 1. The van der Waals surface area contributed by atoms with Crippen LogP contribution in [0.1, 0.15) is 43.5 Å². The fourth-order valence-corrected chi connectivity index (χ4v) is 4.13. The van der Waals surface area contributed by atoms with E-state index in [9.17, 15) is 9.59 Å². The predicted octanol–water partition coefficient (Wildman–Crippen LogP) is 4.64. The average Bonchev–Trinajstić information content (AvgIpc) is 2.70. The van der Waals surface area contributed by atoms with Gasteiger partial charge in [-0.2, -0.15) is 0 Å². The molecule has 1 amide bonds. The highest BCUT2D eigenvalue weighted by atomic mass is 32.2. The maximum Gasteiger partial charge on any atom is 0.262 e. The van der Waals surface area contributed by atoms with Gasteiger partial charge in [-0.3, -0.25) is 14.2 Å². The van der Waals surface area contributed by atoms with Gasteiger partial charge in [-0.15, -0.1) is 0 Å². The van der Waals surface area contributed by atoms with Crippen molar-refractivity contribution in [1.29, 1.82) is 0 Å². The zero-order chi connectivity index (χ0) is 21.8. The quantitative estimate of drug-likeness (QED) is 0.444. The standard InChI is InChI=1S/C24H29N3O2S/c1-15(2)13-27-23(29)20-8-6-7-9-21(20)26-24(27)30-14-22(28)25-18(5)19-11-10-16(3)17(4)12-19/h6-12,15,18H,13-14H2,1-5H3,(H,25,28)/t18-/m1/s1. The van der Waals surface area contributed by atoms with E-state index < -0.39 is 0 Å². The summed E-state index contributed by atoms with van der Waals surface area (Å²) >= 11 is 1.31. The summed E-state index contributed by atoms with van der Waals surface area (Å²) in [7, 11) is 0. The van der Waals surface area contributed by atoms with Gasteiger partial charge < -0.3 is 5.32 Å². The van der Waals surface area contributed by atoms with Gasteiger partial charge >= 0.3 is 0 Å². The summed E-state index contributed by atoms with van der Waals surface area (Å²) in [5.41, 5.74) is 4.13. The molecule has 1 aromatic heterocycles. The van der Waals surface area contributed by atoms with Crippen molar-refractivity contribution in [2.24, 2.45) is 5.92 Å². The lowest BCUT2D eigenvalue weighted by molar-refractivity contribution is -0.119. The minimum Gasteiger partial charge on any atom is -0.349 e. The number of thioether (sulfide) groups is 1. The summed E-state index contributed by atoms with van der Waals surface area (Å²) in [5.74, 6) is 0.422. The highest BCUT2D eigenvalue weighted by molar-refractivity contribution is 7.99. The number of benzene rings is 2. The Morgan fingerprint density at radius 2 is 1.83 bits per heavy atom. The largest absolute Gasteiger partial charge is 0.349 e. The molecular formula is C24H29N3O2S. The van der Waals surface area contributed by atoms with Gasteiger partial charge in [0.25, 0.3) is 5.56 Å². The Kier molecular flexibility index (Phi) is 6.98. The lowest BCUT2D eigenvalue weighted by Gasteiger charge is -2.17. The fourth-order valence-electron chi connectivity index (χ4n) is 3.31. The molecule has 3 rings (SSSR count). The van der Waals surface area contributed by atoms with E-state index in [1.54, 1.807) is 10.6 Å². The molecule has 0 bridgehead atoms. The monoisotopic (exact) mass is 423 g/mol. The molecule has 3 aromatic rings. The second-order valence-corrected chi connectivity index (χ2v) is 9.09. The lowest BCUT2D eigenvalue weighted by atomic mass is 10.0. The third-order valence-corrected chi connectivity index (χ3v) is 6.09. The van der Waals surface area contributed by atoms with Crippen molar-refractivity contribution in [1.82, 2.24) is 14.9 Å². The number of amides is 1. The van der Waals surface area contributed by atoms with E-state index in [0.29, 0.717) is 28.5 Å². The molecule has 0 aliphatic rings. The van der Waals surface area contributed by atoms with Crippen LogP contribution in [0, 0.1) is 19.8 Å². The van der Waals surface area contributed by atoms with Crippen LogP contribution in [0.15, 0.2) is 52.4 Å². The number of aromatic nitrogens is 2. The Hall–Kier alpha value is -2.60. The second kappa shape index (κ2) is 9.47. The van der Waals surface area contributed by atoms with Gasteiger partial charge in [-0.25, -0.2) is 4.98 Å². The van der Waals surface area contributed by atoms with Crippen LogP contribution in [0.2, 0.25) is 0 Å². The van der Waals surface area contributed by atoms with Gasteiger partial charge in [-0.05, 0) is 55.5 Å². The maximum absolute atomic E-state index is 13.0. The number of aryl methyl sites for hydroxylation is 2. The number of carbonyl (C=O) groups excluding carboxylic acids is 1. The van der Waals surface area contributed by atoms with Crippen LogP contribution >= 0.6 is 11.8 Å². The molecule has 0 aliphatic heterocycles. The highest BCUT2D eigenvalue weighted by Gasteiger charge is 2.15. The molecular weight excluding hydrogens is 394 g/mol. The minimum atomic E-state index is -0.0835. The van der Waals surface area contributed by atoms with E-state index in [1.807, 2.05) is 31.2 Å². The number of rotatable bonds is 7. The first kappa shape index (κ1) is 22.1. The Labute approximate surface area is 181 Å². The molecule has 158 valence electrons. The average molecular weight is 424 g/mol. The Balaban J connectivity index is 1.76. The number of carbonyl (C=O) groups is 1. The van der Waals surface area contributed by atoms with Crippen molar-refractivity contribution < 1.29 is 4.79 Å². The molecule has 5 nitrogen and oxygen atoms in total. The molecule has 0 radical (unpaired) electrons. The number of hydrogen-bond acceptors (Lipinski definition) is 4. The SMILES string of the molecule is Cc1ccc([C@@H](C)NC(=O)CSc2nc3ccccc3c(=O)n2CC(C)C)cc1C.